The summed E-state index contributed by atoms with van der Waals surface area (Å²) in [4.78, 5) is 8.46. The summed E-state index contributed by atoms with van der Waals surface area (Å²) >= 11 is 12.0. The second-order valence-electron chi connectivity index (χ2n) is 5.90. The van der Waals surface area contributed by atoms with Gasteiger partial charge in [0.25, 0.3) is 0 Å². The average Bonchev–Trinajstić information content (AvgIpc) is 2.98. The SMILES string of the molecule is Cc1cc(C)nc(O[C@@H]2CCN(S(=O)(=O)c3cc(Cl)ccc3Cl)C2)n1. The number of nitrogens with zero attached hydrogens (tertiary/aromatic N) is 3. The van der Waals surface area contributed by atoms with Gasteiger partial charge >= 0.3 is 6.01 Å². The lowest BCUT2D eigenvalue weighted by molar-refractivity contribution is 0.197. The van der Waals surface area contributed by atoms with Crippen molar-refractivity contribution in [1.29, 1.82) is 0 Å². The van der Waals surface area contributed by atoms with Crippen LogP contribution in [0, 0.1) is 13.8 Å². The Morgan fingerprint density at radius 2 is 1.84 bits per heavy atom. The highest BCUT2D eigenvalue weighted by atomic mass is 35.5. The minimum atomic E-state index is -3.74. The summed E-state index contributed by atoms with van der Waals surface area (Å²) in [6.07, 6.45) is 0.238. The first-order chi connectivity index (χ1) is 11.8. The van der Waals surface area contributed by atoms with E-state index in [1.54, 1.807) is 6.07 Å². The molecule has 0 N–H and O–H groups in total. The highest BCUT2D eigenvalue weighted by molar-refractivity contribution is 7.89. The predicted octanol–water partition coefficient (Wildman–Crippen LogP) is 3.24. The van der Waals surface area contributed by atoms with Gasteiger partial charge in [-0.3, -0.25) is 0 Å². The van der Waals surface area contributed by atoms with Crippen molar-refractivity contribution < 1.29 is 13.2 Å². The second-order valence-corrected chi connectivity index (χ2v) is 8.65. The fourth-order valence-corrected chi connectivity index (χ4v) is 4.95. The standard InChI is InChI=1S/C16H17Cl2N3O3S/c1-10-7-11(2)20-16(19-10)24-13-5-6-21(9-13)25(22,23)15-8-12(17)3-4-14(15)18/h3-4,7-8,13H,5-6,9H2,1-2H3/t13-/m1/s1. The lowest BCUT2D eigenvalue weighted by Gasteiger charge is -2.18. The van der Waals surface area contributed by atoms with Gasteiger partial charge in [0.05, 0.1) is 11.6 Å². The molecule has 0 radical (unpaired) electrons. The molecule has 0 saturated carbocycles. The van der Waals surface area contributed by atoms with E-state index in [1.165, 1.54) is 16.4 Å². The maximum Gasteiger partial charge on any atom is 0.317 e. The van der Waals surface area contributed by atoms with Gasteiger partial charge < -0.3 is 4.74 Å². The quantitative estimate of drug-likeness (QED) is 0.785. The maximum atomic E-state index is 12.8. The first-order valence-electron chi connectivity index (χ1n) is 7.70. The highest BCUT2D eigenvalue weighted by Crippen LogP contribution is 2.30. The molecular weight excluding hydrogens is 385 g/mol. The predicted molar refractivity (Wildman–Crippen MR) is 95.8 cm³/mol. The maximum absolute atomic E-state index is 12.8. The van der Waals surface area contributed by atoms with Crippen LogP contribution in [0.3, 0.4) is 0 Å². The van der Waals surface area contributed by atoms with E-state index in [0.29, 0.717) is 18.0 Å². The Labute approximate surface area is 156 Å². The lowest BCUT2D eigenvalue weighted by atomic mass is 10.3. The van der Waals surface area contributed by atoms with Crippen LogP contribution >= 0.6 is 23.2 Å². The summed E-state index contributed by atoms with van der Waals surface area (Å²) < 4.78 is 32.7. The zero-order valence-corrected chi connectivity index (χ0v) is 16.1. The zero-order valence-electron chi connectivity index (χ0n) is 13.7. The number of hydrogen-bond acceptors (Lipinski definition) is 5. The first kappa shape index (κ1) is 18.4. The third-order valence-electron chi connectivity index (χ3n) is 3.85. The molecule has 2 aromatic rings. The van der Waals surface area contributed by atoms with Gasteiger partial charge in [-0.2, -0.15) is 4.31 Å². The van der Waals surface area contributed by atoms with Crippen molar-refractivity contribution >= 4 is 33.2 Å². The van der Waals surface area contributed by atoms with Crippen LogP contribution in [0.4, 0.5) is 0 Å². The molecule has 0 unspecified atom stereocenters. The summed E-state index contributed by atoms with van der Waals surface area (Å²) in [5.41, 5.74) is 1.60. The van der Waals surface area contributed by atoms with Gasteiger partial charge in [0, 0.05) is 23.0 Å². The van der Waals surface area contributed by atoms with E-state index in [4.69, 9.17) is 27.9 Å². The van der Waals surface area contributed by atoms with Crippen molar-refractivity contribution in [2.75, 3.05) is 13.1 Å². The van der Waals surface area contributed by atoms with Crippen LogP contribution in [0.5, 0.6) is 6.01 Å². The van der Waals surface area contributed by atoms with Gasteiger partial charge in [-0.15, -0.1) is 0 Å². The number of benzene rings is 1. The van der Waals surface area contributed by atoms with Crippen molar-refractivity contribution in [1.82, 2.24) is 14.3 Å². The molecule has 1 atom stereocenters. The van der Waals surface area contributed by atoms with Gasteiger partial charge in [-0.25, -0.2) is 18.4 Å². The van der Waals surface area contributed by atoms with E-state index < -0.39 is 10.0 Å². The van der Waals surface area contributed by atoms with Crippen LogP contribution < -0.4 is 4.74 Å². The number of aryl methyl sites for hydroxylation is 2. The average molecular weight is 402 g/mol. The molecule has 1 fully saturated rings. The van der Waals surface area contributed by atoms with E-state index in [9.17, 15) is 8.42 Å². The van der Waals surface area contributed by atoms with Crippen molar-refractivity contribution in [2.45, 2.75) is 31.3 Å². The molecule has 3 rings (SSSR count). The van der Waals surface area contributed by atoms with Crippen LogP contribution in [0.25, 0.3) is 0 Å². The number of halogens is 2. The molecule has 1 aliphatic heterocycles. The van der Waals surface area contributed by atoms with Crippen molar-refractivity contribution in [3.8, 4) is 6.01 Å². The van der Waals surface area contributed by atoms with Crippen LogP contribution in [-0.2, 0) is 10.0 Å². The topological polar surface area (TPSA) is 72.4 Å². The molecule has 2 heterocycles. The molecule has 134 valence electrons. The van der Waals surface area contributed by atoms with Gasteiger partial charge in [0.15, 0.2) is 0 Å². The van der Waals surface area contributed by atoms with E-state index in [2.05, 4.69) is 9.97 Å². The Bertz CT molecular complexity index is 885. The minimum absolute atomic E-state index is 0.00460. The molecule has 0 spiro atoms. The van der Waals surface area contributed by atoms with Gasteiger partial charge in [-0.1, -0.05) is 23.2 Å². The number of sulfonamides is 1. The monoisotopic (exact) mass is 401 g/mol. The molecule has 6 nitrogen and oxygen atoms in total. The van der Waals surface area contributed by atoms with Crippen molar-refractivity contribution in [3.05, 3.63) is 45.7 Å². The number of hydrogen-bond donors (Lipinski definition) is 0. The summed E-state index contributed by atoms with van der Waals surface area (Å²) in [5, 5.41) is 0.463. The highest BCUT2D eigenvalue weighted by Gasteiger charge is 2.35. The largest absolute Gasteiger partial charge is 0.459 e. The van der Waals surface area contributed by atoms with Crippen LogP contribution in [-0.4, -0.2) is 41.9 Å². The molecule has 0 aliphatic carbocycles. The molecule has 25 heavy (non-hydrogen) atoms. The van der Waals surface area contributed by atoms with Gasteiger partial charge in [0.1, 0.15) is 11.0 Å². The molecule has 9 heteroatoms. The van der Waals surface area contributed by atoms with E-state index >= 15 is 0 Å². The number of aromatic nitrogens is 2. The molecule has 1 saturated heterocycles. The van der Waals surface area contributed by atoms with Gasteiger partial charge in [0.2, 0.25) is 10.0 Å². The fraction of sp³-hybridized carbons (Fsp3) is 0.375. The normalized spacial score (nSPS) is 18.5. The van der Waals surface area contributed by atoms with Crippen molar-refractivity contribution in [2.24, 2.45) is 0 Å². The number of rotatable bonds is 4. The molecule has 1 aromatic heterocycles. The van der Waals surface area contributed by atoms with Gasteiger partial charge in [-0.05, 0) is 44.5 Å². The second kappa shape index (κ2) is 7.07. The van der Waals surface area contributed by atoms with E-state index in [-0.39, 0.29) is 28.6 Å². The fourth-order valence-electron chi connectivity index (χ4n) is 2.72. The van der Waals surface area contributed by atoms with E-state index in [1.807, 2.05) is 19.9 Å². The van der Waals surface area contributed by atoms with Crippen molar-refractivity contribution in [3.63, 3.8) is 0 Å². The van der Waals surface area contributed by atoms with Crippen LogP contribution in [0.2, 0.25) is 10.0 Å². The Morgan fingerprint density at radius 3 is 2.52 bits per heavy atom. The smallest absolute Gasteiger partial charge is 0.317 e. The molecular formula is C16H17Cl2N3O3S. The minimum Gasteiger partial charge on any atom is -0.459 e. The van der Waals surface area contributed by atoms with Crippen LogP contribution in [0.15, 0.2) is 29.2 Å². The number of ether oxygens (including phenoxy) is 1. The molecule has 0 amide bonds. The Hall–Kier alpha value is -1.41. The molecule has 1 aromatic carbocycles. The Morgan fingerprint density at radius 1 is 1.16 bits per heavy atom. The molecule has 1 aliphatic rings. The third-order valence-corrected chi connectivity index (χ3v) is 6.43. The summed E-state index contributed by atoms with van der Waals surface area (Å²) in [6, 6.07) is 6.50. The van der Waals surface area contributed by atoms with E-state index in [0.717, 1.165) is 11.4 Å². The molecule has 0 bridgehead atoms. The Kier molecular flexibility index (Phi) is 5.20. The summed E-state index contributed by atoms with van der Waals surface area (Å²) in [7, 11) is -3.74. The zero-order chi connectivity index (χ0) is 18.2. The Balaban J connectivity index is 1.76. The summed E-state index contributed by atoms with van der Waals surface area (Å²) in [6.45, 7) is 4.25. The van der Waals surface area contributed by atoms with Crippen LogP contribution in [0.1, 0.15) is 17.8 Å². The summed E-state index contributed by atoms with van der Waals surface area (Å²) in [5.74, 6) is 0. The third kappa shape index (κ3) is 4.06. The first-order valence-corrected chi connectivity index (χ1v) is 9.89. The lowest BCUT2D eigenvalue weighted by Crippen LogP contribution is -2.31.